The Balaban J connectivity index is 2.28. The van der Waals surface area contributed by atoms with Crippen molar-refractivity contribution in [3.8, 4) is 5.75 Å². The van der Waals surface area contributed by atoms with Gasteiger partial charge in [0.05, 0.1) is 5.75 Å². The molecule has 1 aromatic rings. The van der Waals surface area contributed by atoms with Crippen LogP contribution >= 0.6 is 11.6 Å². The number of halogens is 1. The molecule has 0 unspecified atom stereocenters. The standard InChI is InChI=1S/C17H24ClNO4S/c1-4-24(21,22)23-16-9-8-15(18)10-14(16)11-19(12(2)3)17(20)13-6-5-7-13/h8-10,12-13H,4-7,11H2,1-3H3. The smallest absolute Gasteiger partial charge is 0.308 e. The van der Waals surface area contributed by atoms with Crippen molar-refractivity contribution in [3.63, 3.8) is 0 Å². The number of rotatable bonds is 7. The molecule has 1 amide bonds. The van der Waals surface area contributed by atoms with Gasteiger partial charge in [-0.2, -0.15) is 8.42 Å². The van der Waals surface area contributed by atoms with Gasteiger partial charge in [-0.05, 0) is 51.8 Å². The van der Waals surface area contributed by atoms with Crippen molar-refractivity contribution in [2.24, 2.45) is 5.92 Å². The summed E-state index contributed by atoms with van der Waals surface area (Å²) in [5, 5.41) is 0.478. The Labute approximate surface area is 149 Å². The van der Waals surface area contributed by atoms with Crippen LogP contribution in [0.3, 0.4) is 0 Å². The van der Waals surface area contributed by atoms with E-state index in [0.29, 0.717) is 10.6 Å². The van der Waals surface area contributed by atoms with Gasteiger partial charge in [0.2, 0.25) is 5.91 Å². The third-order valence-corrected chi connectivity index (χ3v) is 5.67. The van der Waals surface area contributed by atoms with E-state index in [2.05, 4.69) is 0 Å². The maximum Gasteiger partial charge on any atom is 0.308 e. The molecular weight excluding hydrogens is 350 g/mol. The molecule has 0 N–H and O–H groups in total. The van der Waals surface area contributed by atoms with Crippen molar-refractivity contribution in [2.75, 3.05) is 5.75 Å². The maximum atomic E-state index is 12.6. The molecule has 1 aliphatic carbocycles. The highest BCUT2D eigenvalue weighted by Gasteiger charge is 2.31. The van der Waals surface area contributed by atoms with Gasteiger partial charge in [-0.15, -0.1) is 0 Å². The van der Waals surface area contributed by atoms with Crippen LogP contribution in [0.4, 0.5) is 0 Å². The van der Waals surface area contributed by atoms with Crippen molar-refractivity contribution in [2.45, 2.75) is 52.6 Å². The van der Waals surface area contributed by atoms with Crippen LogP contribution in [0.1, 0.15) is 45.6 Å². The minimum atomic E-state index is -3.64. The summed E-state index contributed by atoms with van der Waals surface area (Å²) in [4.78, 5) is 14.4. The lowest BCUT2D eigenvalue weighted by Gasteiger charge is -2.34. The average molecular weight is 374 g/mol. The van der Waals surface area contributed by atoms with Gasteiger partial charge in [-0.3, -0.25) is 4.79 Å². The van der Waals surface area contributed by atoms with Gasteiger partial charge in [0, 0.05) is 29.1 Å². The summed E-state index contributed by atoms with van der Waals surface area (Å²) >= 11 is 6.06. The molecule has 5 nitrogen and oxygen atoms in total. The number of benzene rings is 1. The molecular formula is C17H24ClNO4S. The number of carbonyl (C=O) groups excluding carboxylic acids is 1. The van der Waals surface area contributed by atoms with Gasteiger partial charge < -0.3 is 9.08 Å². The van der Waals surface area contributed by atoms with Crippen LogP contribution in [0.5, 0.6) is 5.75 Å². The number of hydrogen-bond donors (Lipinski definition) is 0. The van der Waals surface area contributed by atoms with Crippen LogP contribution in [0.15, 0.2) is 18.2 Å². The highest BCUT2D eigenvalue weighted by Crippen LogP contribution is 2.31. The third-order valence-electron chi connectivity index (χ3n) is 4.29. The molecule has 0 spiro atoms. The first-order valence-corrected chi connectivity index (χ1v) is 10.2. The summed E-state index contributed by atoms with van der Waals surface area (Å²) < 4.78 is 28.7. The zero-order valence-corrected chi connectivity index (χ0v) is 15.9. The minimum absolute atomic E-state index is 0.00714. The second kappa shape index (κ2) is 7.74. The highest BCUT2D eigenvalue weighted by molar-refractivity contribution is 7.87. The number of nitrogens with zero attached hydrogens (tertiary/aromatic N) is 1. The summed E-state index contributed by atoms with van der Waals surface area (Å²) in [6.07, 6.45) is 2.93. The molecule has 0 bridgehead atoms. The van der Waals surface area contributed by atoms with Gasteiger partial charge in [-0.25, -0.2) is 0 Å². The Morgan fingerprint density at radius 3 is 2.54 bits per heavy atom. The molecule has 0 atom stereocenters. The van der Waals surface area contributed by atoms with Crippen molar-refractivity contribution >= 4 is 27.6 Å². The van der Waals surface area contributed by atoms with E-state index in [-0.39, 0.29) is 35.9 Å². The SMILES string of the molecule is CCS(=O)(=O)Oc1ccc(Cl)cc1CN(C(=O)C1CCC1)C(C)C. The van der Waals surface area contributed by atoms with Crippen LogP contribution < -0.4 is 4.18 Å². The van der Waals surface area contributed by atoms with Crippen molar-refractivity contribution < 1.29 is 17.4 Å². The van der Waals surface area contributed by atoms with Gasteiger partial charge in [0.15, 0.2) is 0 Å². The zero-order valence-electron chi connectivity index (χ0n) is 14.3. The highest BCUT2D eigenvalue weighted by atomic mass is 35.5. The summed E-state index contributed by atoms with van der Waals surface area (Å²) in [5.74, 6) is 0.299. The van der Waals surface area contributed by atoms with Gasteiger partial charge >= 0.3 is 10.1 Å². The summed E-state index contributed by atoms with van der Waals surface area (Å²) in [7, 11) is -3.64. The molecule has 0 aromatic heterocycles. The first kappa shape index (κ1) is 19.1. The molecule has 2 rings (SSSR count). The Morgan fingerprint density at radius 1 is 1.38 bits per heavy atom. The van der Waals surface area contributed by atoms with E-state index >= 15 is 0 Å². The largest absolute Gasteiger partial charge is 0.382 e. The average Bonchev–Trinajstić information content (AvgIpc) is 2.44. The Bertz CT molecular complexity index is 699. The quantitative estimate of drug-likeness (QED) is 0.685. The fourth-order valence-corrected chi connectivity index (χ4v) is 3.29. The molecule has 24 heavy (non-hydrogen) atoms. The van der Waals surface area contributed by atoms with Crippen LogP contribution in [0, 0.1) is 5.92 Å². The molecule has 134 valence electrons. The molecule has 0 saturated heterocycles. The lowest BCUT2D eigenvalue weighted by molar-refractivity contribution is -0.140. The Kier molecular flexibility index (Phi) is 6.15. The molecule has 0 heterocycles. The molecule has 0 radical (unpaired) electrons. The predicted molar refractivity (Wildman–Crippen MR) is 94.6 cm³/mol. The second-order valence-corrected chi connectivity index (χ2v) is 8.67. The Morgan fingerprint density at radius 2 is 2.04 bits per heavy atom. The van der Waals surface area contributed by atoms with E-state index < -0.39 is 10.1 Å². The fourth-order valence-electron chi connectivity index (χ4n) is 2.54. The van der Waals surface area contributed by atoms with E-state index in [1.807, 2.05) is 13.8 Å². The van der Waals surface area contributed by atoms with Crippen LogP contribution in [-0.4, -0.2) is 31.0 Å². The Hall–Kier alpha value is -1.27. The van der Waals surface area contributed by atoms with Crippen molar-refractivity contribution in [1.82, 2.24) is 4.90 Å². The second-order valence-electron chi connectivity index (χ2n) is 6.37. The van der Waals surface area contributed by atoms with Crippen molar-refractivity contribution in [1.29, 1.82) is 0 Å². The summed E-state index contributed by atoms with van der Waals surface area (Å²) in [6.45, 7) is 5.70. The molecule has 1 saturated carbocycles. The van der Waals surface area contributed by atoms with Crippen LogP contribution in [-0.2, 0) is 21.5 Å². The first-order valence-electron chi connectivity index (χ1n) is 8.24. The zero-order chi connectivity index (χ0) is 17.9. The monoisotopic (exact) mass is 373 g/mol. The summed E-state index contributed by atoms with van der Waals surface area (Å²) in [6, 6.07) is 4.79. The predicted octanol–water partition coefficient (Wildman–Crippen LogP) is 3.61. The first-order chi connectivity index (χ1) is 11.2. The fraction of sp³-hybridized carbons (Fsp3) is 0.588. The normalized spacial score (nSPS) is 15.2. The van der Waals surface area contributed by atoms with E-state index in [1.54, 1.807) is 17.0 Å². The number of hydrogen-bond acceptors (Lipinski definition) is 4. The lowest BCUT2D eigenvalue weighted by Crippen LogP contribution is -2.42. The molecule has 1 aliphatic rings. The van der Waals surface area contributed by atoms with E-state index in [1.165, 1.54) is 13.0 Å². The number of amides is 1. The van der Waals surface area contributed by atoms with E-state index in [0.717, 1.165) is 19.3 Å². The van der Waals surface area contributed by atoms with Crippen LogP contribution in [0.2, 0.25) is 5.02 Å². The molecule has 1 aromatic carbocycles. The van der Waals surface area contributed by atoms with Gasteiger partial charge in [-0.1, -0.05) is 18.0 Å². The van der Waals surface area contributed by atoms with Crippen molar-refractivity contribution in [3.05, 3.63) is 28.8 Å². The molecule has 1 fully saturated rings. The topological polar surface area (TPSA) is 63.7 Å². The molecule has 0 aliphatic heterocycles. The summed E-state index contributed by atoms with van der Waals surface area (Å²) in [5.41, 5.74) is 0.598. The minimum Gasteiger partial charge on any atom is -0.382 e. The van der Waals surface area contributed by atoms with Crippen LogP contribution in [0.25, 0.3) is 0 Å². The van der Waals surface area contributed by atoms with E-state index in [9.17, 15) is 13.2 Å². The van der Waals surface area contributed by atoms with Gasteiger partial charge in [0.1, 0.15) is 5.75 Å². The lowest BCUT2D eigenvalue weighted by atomic mass is 9.84. The van der Waals surface area contributed by atoms with Gasteiger partial charge in [0.25, 0.3) is 0 Å². The number of carbonyl (C=O) groups is 1. The van der Waals surface area contributed by atoms with E-state index in [4.69, 9.17) is 15.8 Å². The maximum absolute atomic E-state index is 12.6. The molecule has 7 heteroatoms. The third kappa shape index (κ3) is 4.63.